The minimum Gasteiger partial charge on any atom is -0.487 e. The fraction of sp³-hybridized carbons (Fsp3) is 0.667. The Labute approximate surface area is 193 Å². The van der Waals surface area contributed by atoms with Gasteiger partial charge in [0.25, 0.3) is 0 Å². The van der Waals surface area contributed by atoms with Gasteiger partial charge in [0.15, 0.2) is 0 Å². The molecule has 8 heteroatoms. The lowest BCUT2D eigenvalue weighted by Gasteiger charge is -2.37. The Morgan fingerprint density at radius 2 is 1.97 bits per heavy atom. The fourth-order valence-electron chi connectivity index (χ4n) is 3.94. The average molecular weight is 464 g/mol. The zero-order chi connectivity index (χ0) is 23.5. The van der Waals surface area contributed by atoms with Gasteiger partial charge in [0, 0.05) is 37.2 Å². The minimum atomic E-state index is -3.82. The molecule has 1 aromatic carbocycles. The van der Waals surface area contributed by atoms with Crippen molar-refractivity contribution in [3.05, 3.63) is 23.8 Å². The van der Waals surface area contributed by atoms with E-state index in [1.54, 1.807) is 25.1 Å². The van der Waals surface area contributed by atoms with Crippen LogP contribution in [0.4, 0.5) is 0 Å². The summed E-state index contributed by atoms with van der Waals surface area (Å²) in [6.07, 6.45) is 2.39. The van der Waals surface area contributed by atoms with Gasteiger partial charge in [-0.25, -0.2) is 8.42 Å². The first-order valence-electron chi connectivity index (χ1n) is 11.4. The van der Waals surface area contributed by atoms with Gasteiger partial charge in [-0.2, -0.15) is 4.31 Å². The molecule has 32 heavy (non-hydrogen) atoms. The molecule has 0 amide bonds. The van der Waals surface area contributed by atoms with Crippen LogP contribution < -0.4 is 4.74 Å². The molecular formula is C24H37N3O4S. The van der Waals surface area contributed by atoms with E-state index in [4.69, 9.17) is 4.74 Å². The summed E-state index contributed by atoms with van der Waals surface area (Å²) in [5.41, 5.74) is 0.723. The number of nitrogens with zero attached hydrogens (tertiary/aromatic N) is 3. The smallest absolute Gasteiger partial charge is 0.247 e. The summed E-state index contributed by atoms with van der Waals surface area (Å²) in [7, 11) is 2.18. The van der Waals surface area contributed by atoms with Gasteiger partial charge in [-0.05, 0) is 65.0 Å². The maximum Gasteiger partial charge on any atom is 0.247 e. The number of fused-ring (bicyclic) bond motifs is 1. The lowest BCUT2D eigenvalue weighted by Crippen LogP contribution is -2.49. The number of hydrogen-bond donors (Lipinski definition) is 1. The minimum absolute atomic E-state index is 0.0444. The molecule has 178 valence electrons. The van der Waals surface area contributed by atoms with Crippen molar-refractivity contribution in [3.8, 4) is 17.6 Å². The van der Waals surface area contributed by atoms with E-state index in [1.807, 2.05) is 25.9 Å². The van der Waals surface area contributed by atoms with Crippen LogP contribution >= 0.6 is 0 Å². The number of ether oxygens (including phenoxy) is 1. The number of aliphatic hydroxyl groups excluding tert-OH is 1. The second-order valence-corrected chi connectivity index (χ2v) is 11.5. The summed E-state index contributed by atoms with van der Waals surface area (Å²) in [5, 5.41) is 9.75. The van der Waals surface area contributed by atoms with Crippen molar-refractivity contribution in [3.63, 3.8) is 0 Å². The monoisotopic (exact) mass is 463 g/mol. The van der Waals surface area contributed by atoms with Crippen LogP contribution in [-0.2, 0) is 10.0 Å². The third-order valence-corrected chi connectivity index (χ3v) is 8.07. The van der Waals surface area contributed by atoms with Gasteiger partial charge in [0.2, 0.25) is 10.0 Å². The van der Waals surface area contributed by atoms with E-state index in [2.05, 4.69) is 23.8 Å². The molecule has 0 saturated heterocycles. The van der Waals surface area contributed by atoms with E-state index in [1.165, 1.54) is 17.1 Å². The summed E-state index contributed by atoms with van der Waals surface area (Å²) in [6, 6.07) is 4.53. The van der Waals surface area contributed by atoms with E-state index >= 15 is 0 Å². The highest BCUT2D eigenvalue weighted by Gasteiger charge is 2.38. The number of aliphatic hydroxyl groups is 1. The number of benzene rings is 1. The highest BCUT2D eigenvalue weighted by molar-refractivity contribution is 7.89. The first kappa shape index (κ1) is 25.0. The molecule has 1 N–H and O–H groups in total. The molecule has 1 aliphatic carbocycles. The van der Waals surface area contributed by atoms with Gasteiger partial charge in [-0.3, -0.25) is 4.90 Å². The molecule has 1 heterocycles. The highest BCUT2D eigenvalue weighted by atomic mass is 32.2. The van der Waals surface area contributed by atoms with Gasteiger partial charge >= 0.3 is 0 Å². The van der Waals surface area contributed by atoms with Crippen LogP contribution in [0.3, 0.4) is 0 Å². The highest BCUT2D eigenvalue weighted by Crippen LogP contribution is 2.35. The van der Waals surface area contributed by atoms with E-state index < -0.39 is 16.1 Å². The normalized spacial score (nSPS) is 24.1. The van der Waals surface area contributed by atoms with Crippen molar-refractivity contribution >= 4 is 10.0 Å². The lowest BCUT2D eigenvalue weighted by molar-refractivity contribution is 0.0740. The molecule has 3 atom stereocenters. The van der Waals surface area contributed by atoms with E-state index in [0.29, 0.717) is 18.8 Å². The van der Waals surface area contributed by atoms with Crippen LogP contribution in [0.2, 0.25) is 0 Å². The molecule has 7 nitrogen and oxygen atoms in total. The number of rotatable bonds is 7. The third-order valence-electron chi connectivity index (χ3n) is 6.05. The van der Waals surface area contributed by atoms with Crippen LogP contribution in [0.25, 0.3) is 0 Å². The van der Waals surface area contributed by atoms with Crippen LogP contribution in [0.15, 0.2) is 23.1 Å². The number of sulfonamides is 1. The van der Waals surface area contributed by atoms with Gasteiger partial charge < -0.3 is 14.7 Å². The van der Waals surface area contributed by atoms with Crippen molar-refractivity contribution < 1.29 is 18.3 Å². The first-order valence-corrected chi connectivity index (χ1v) is 12.8. The molecule has 1 aromatic rings. The molecule has 0 spiro atoms. The Bertz CT molecular complexity index is 950. The van der Waals surface area contributed by atoms with Gasteiger partial charge in [0.1, 0.15) is 16.7 Å². The quantitative estimate of drug-likeness (QED) is 0.621. The Balaban J connectivity index is 1.98. The molecule has 1 aliphatic heterocycles. The molecule has 0 bridgehead atoms. The first-order chi connectivity index (χ1) is 15.1. The van der Waals surface area contributed by atoms with Gasteiger partial charge in [-0.15, -0.1) is 0 Å². The molecule has 1 saturated carbocycles. The topological polar surface area (TPSA) is 73.3 Å². The second-order valence-electron chi connectivity index (χ2n) is 9.61. The van der Waals surface area contributed by atoms with Crippen molar-refractivity contribution in [1.82, 2.24) is 14.1 Å². The summed E-state index contributed by atoms with van der Waals surface area (Å²) in [5.74, 6) is 7.26. The lowest BCUT2D eigenvalue weighted by atomic mass is 10.0. The van der Waals surface area contributed by atoms with Crippen molar-refractivity contribution in [1.29, 1.82) is 0 Å². The van der Waals surface area contributed by atoms with Gasteiger partial charge in [0.05, 0.1) is 13.2 Å². The Morgan fingerprint density at radius 1 is 1.25 bits per heavy atom. The predicted octanol–water partition coefficient (Wildman–Crippen LogP) is 1.71. The summed E-state index contributed by atoms with van der Waals surface area (Å²) >= 11 is 0. The fourth-order valence-corrected chi connectivity index (χ4v) is 5.77. The maximum atomic E-state index is 13.5. The van der Waals surface area contributed by atoms with E-state index in [-0.39, 0.29) is 23.5 Å². The SMILES string of the molecule is C[C@@H]1CN([C@@H](C)CO)S(=O)(=O)c2ccc(C#CCN(C)C)cc2O[C@@H]1CN(C)CC1CC1. The molecular weight excluding hydrogens is 426 g/mol. The Hall–Kier alpha value is -1.63. The van der Waals surface area contributed by atoms with Crippen LogP contribution in [-0.4, -0.2) is 93.7 Å². The maximum absolute atomic E-state index is 13.5. The molecule has 2 aliphatic rings. The summed E-state index contributed by atoms with van der Waals surface area (Å²) in [6.45, 7) is 6.19. The van der Waals surface area contributed by atoms with Crippen molar-refractivity contribution in [2.75, 3.05) is 53.9 Å². The van der Waals surface area contributed by atoms with Crippen LogP contribution in [0.1, 0.15) is 32.3 Å². The summed E-state index contributed by atoms with van der Waals surface area (Å²) < 4.78 is 34.8. The summed E-state index contributed by atoms with van der Waals surface area (Å²) in [4.78, 5) is 4.40. The largest absolute Gasteiger partial charge is 0.487 e. The Morgan fingerprint density at radius 3 is 2.59 bits per heavy atom. The zero-order valence-electron chi connectivity index (χ0n) is 19.9. The van der Waals surface area contributed by atoms with E-state index in [9.17, 15) is 13.5 Å². The molecule has 3 rings (SSSR count). The van der Waals surface area contributed by atoms with E-state index in [0.717, 1.165) is 24.6 Å². The van der Waals surface area contributed by atoms with Crippen LogP contribution in [0, 0.1) is 23.7 Å². The van der Waals surface area contributed by atoms with Gasteiger partial charge in [-0.1, -0.05) is 18.8 Å². The average Bonchev–Trinajstić information content (AvgIpc) is 3.53. The molecule has 0 radical (unpaired) electrons. The third kappa shape index (κ3) is 6.24. The number of hydrogen-bond acceptors (Lipinski definition) is 6. The molecule has 0 unspecified atom stereocenters. The zero-order valence-corrected chi connectivity index (χ0v) is 20.7. The number of likely N-dealkylation sites (N-methyl/N-ethyl adjacent to an activating group) is 1. The van der Waals surface area contributed by atoms with Crippen LogP contribution in [0.5, 0.6) is 5.75 Å². The second kappa shape index (κ2) is 10.5. The molecule has 0 aromatic heterocycles. The Kier molecular flexibility index (Phi) is 8.23. The van der Waals surface area contributed by atoms with Crippen molar-refractivity contribution in [2.24, 2.45) is 11.8 Å². The van der Waals surface area contributed by atoms with Crippen molar-refractivity contribution in [2.45, 2.75) is 43.7 Å². The standard InChI is InChI=1S/C24H37N3O4S/c1-18-14-27(19(2)17-28)32(29,30)24-11-10-20(7-6-12-25(3)4)13-22(24)31-23(18)16-26(5)15-21-8-9-21/h10-11,13,18-19,21,23,28H,8-9,12,14-17H2,1-5H3/t18-,19+,23-/m1/s1. The molecule has 1 fully saturated rings. The predicted molar refractivity (Wildman–Crippen MR) is 126 cm³/mol.